The summed E-state index contributed by atoms with van der Waals surface area (Å²) in [6.45, 7) is 5.28. The highest BCUT2D eigenvalue weighted by atomic mass is 32.2. The van der Waals surface area contributed by atoms with Gasteiger partial charge in [0.2, 0.25) is 10.0 Å². The molecule has 0 aromatic carbocycles. The van der Waals surface area contributed by atoms with Crippen LogP contribution in [0.3, 0.4) is 0 Å². The summed E-state index contributed by atoms with van der Waals surface area (Å²) in [7, 11) is -3.54. The number of aromatic nitrogens is 2. The number of hydrogen-bond donors (Lipinski definition) is 3. The topological polar surface area (TPSA) is 100 Å². The number of nitrogens with zero attached hydrogens (tertiary/aromatic N) is 1. The summed E-state index contributed by atoms with van der Waals surface area (Å²) in [6.07, 6.45) is 1.48. The number of hydrogen-bond acceptors (Lipinski definition) is 5. The molecule has 20 heavy (non-hydrogen) atoms. The maximum atomic E-state index is 12.1. The first kappa shape index (κ1) is 14.8. The molecule has 0 saturated carbocycles. The summed E-state index contributed by atoms with van der Waals surface area (Å²) < 4.78 is 31.5. The van der Waals surface area contributed by atoms with Crippen LogP contribution in [0.2, 0.25) is 0 Å². The molecule has 2 aromatic heterocycles. The number of aryl methyl sites for hydroxylation is 1. The SMILES string of the molecule is CCNCc1cc(S(=O)(=O)NCc2cc(C)on2)c[nH]1. The molecule has 110 valence electrons. The van der Waals surface area contributed by atoms with Crippen molar-refractivity contribution in [1.82, 2.24) is 20.2 Å². The molecule has 2 rings (SSSR count). The third-order valence-electron chi connectivity index (χ3n) is 2.71. The van der Waals surface area contributed by atoms with Crippen LogP contribution in [0, 0.1) is 6.92 Å². The Bertz CT molecular complexity index is 660. The van der Waals surface area contributed by atoms with Crippen LogP contribution >= 0.6 is 0 Å². The van der Waals surface area contributed by atoms with E-state index in [-0.39, 0.29) is 11.4 Å². The first-order chi connectivity index (χ1) is 9.51. The fourth-order valence-corrected chi connectivity index (χ4v) is 2.71. The maximum Gasteiger partial charge on any atom is 0.242 e. The highest BCUT2D eigenvalue weighted by Crippen LogP contribution is 2.11. The second-order valence-electron chi connectivity index (χ2n) is 4.39. The molecule has 0 bridgehead atoms. The summed E-state index contributed by atoms with van der Waals surface area (Å²) in [5.41, 5.74) is 1.37. The molecule has 0 fully saturated rings. The molecular formula is C12H18N4O3S. The van der Waals surface area contributed by atoms with E-state index in [2.05, 4.69) is 20.2 Å². The molecule has 0 amide bonds. The van der Waals surface area contributed by atoms with Crippen LogP contribution in [-0.2, 0) is 23.1 Å². The molecule has 7 nitrogen and oxygen atoms in total. The zero-order chi connectivity index (χ0) is 14.6. The first-order valence-electron chi connectivity index (χ1n) is 6.31. The Labute approximate surface area is 117 Å². The summed E-state index contributed by atoms with van der Waals surface area (Å²) in [6, 6.07) is 3.30. The molecule has 0 atom stereocenters. The normalized spacial score (nSPS) is 11.9. The van der Waals surface area contributed by atoms with E-state index in [0.29, 0.717) is 18.0 Å². The lowest BCUT2D eigenvalue weighted by molar-refractivity contribution is 0.390. The quantitative estimate of drug-likeness (QED) is 0.705. The number of sulfonamides is 1. The summed E-state index contributed by atoms with van der Waals surface area (Å²) in [5.74, 6) is 0.647. The lowest BCUT2D eigenvalue weighted by atomic mass is 10.4. The van der Waals surface area contributed by atoms with Crippen molar-refractivity contribution < 1.29 is 12.9 Å². The van der Waals surface area contributed by atoms with Crippen LogP contribution in [0.1, 0.15) is 24.1 Å². The predicted molar refractivity (Wildman–Crippen MR) is 73.4 cm³/mol. The predicted octanol–water partition coefficient (Wildman–Crippen LogP) is 0.899. The van der Waals surface area contributed by atoms with Gasteiger partial charge in [0.05, 0.1) is 17.1 Å². The van der Waals surface area contributed by atoms with Gasteiger partial charge in [-0.3, -0.25) is 0 Å². The Balaban J connectivity index is 2.00. The van der Waals surface area contributed by atoms with E-state index in [1.807, 2.05) is 6.92 Å². The second kappa shape index (κ2) is 6.21. The van der Waals surface area contributed by atoms with Crippen LogP contribution < -0.4 is 10.0 Å². The second-order valence-corrected chi connectivity index (χ2v) is 6.16. The monoisotopic (exact) mass is 298 g/mol. The molecule has 0 aliphatic rings. The summed E-state index contributed by atoms with van der Waals surface area (Å²) in [4.78, 5) is 3.15. The van der Waals surface area contributed by atoms with Crippen LogP contribution in [0.4, 0.5) is 0 Å². The smallest absolute Gasteiger partial charge is 0.242 e. The first-order valence-corrected chi connectivity index (χ1v) is 7.79. The molecule has 3 N–H and O–H groups in total. The van der Waals surface area contributed by atoms with Crippen molar-refractivity contribution in [1.29, 1.82) is 0 Å². The molecular weight excluding hydrogens is 280 g/mol. The Hall–Kier alpha value is -1.64. The number of aromatic amines is 1. The van der Waals surface area contributed by atoms with Gasteiger partial charge in [0.25, 0.3) is 0 Å². The van der Waals surface area contributed by atoms with Gasteiger partial charge < -0.3 is 14.8 Å². The Morgan fingerprint density at radius 3 is 2.80 bits per heavy atom. The average Bonchev–Trinajstić information content (AvgIpc) is 3.03. The molecule has 0 radical (unpaired) electrons. The van der Waals surface area contributed by atoms with Gasteiger partial charge in [-0.1, -0.05) is 12.1 Å². The van der Waals surface area contributed by atoms with E-state index in [1.165, 1.54) is 6.20 Å². The van der Waals surface area contributed by atoms with Crippen LogP contribution in [-0.4, -0.2) is 25.1 Å². The summed E-state index contributed by atoms with van der Waals surface area (Å²) >= 11 is 0. The Morgan fingerprint density at radius 2 is 2.15 bits per heavy atom. The molecule has 0 spiro atoms. The van der Waals surface area contributed by atoms with E-state index in [4.69, 9.17) is 4.52 Å². The number of H-pyrrole nitrogens is 1. The fourth-order valence-electron chi connectivity index (χ4n) is 1.69. The van der Waals surface area contributed by atoms with Crippen molar-refractivity contribution in [2.75, 3.05) is 6.54 Å². The average molecular weight is 298 g/mol. The van der Waals surface area contributed by atoms with Crippen molar-refractivity contribution >= 4 is 10.0 Å². The van der Waals surface area contributed by atoms with Gasteiger partial charge in [-0.05, 0) is 19.5 Å². The van der Waals surface area contributed by atoms with Gasteiger partial charge in [-0.25, -0.2) is 13.1 Å². The number of rotatable bonds is 7. The number of nitrogens with one attached hydrogen (secondary N) is 3. The van der Waals surface area contributed by atoms with Gasteiger partial charge in [0.15, 0.2) is 0 Å². The van der Waals surface area contributed by atoms with Gasteiger partial charge in [0, 0.05) is 24.5 Å². The maximum absolute atomic E-state index is 12.1. The molecule has 2 aromatic rings. The van der Waals surface area contributed by atoms with Crippen molar-refractivity contribution in [2.45, 2.75) is 31.8 Å². The standard InChI is InChI=1S/C12H18N4O3S/c1-3-13-6-10-5-12(8-14-10)20(17,18)15-7-11-4-9(2)19-16-11/h4-5,8,13-15H,3,6-7H2,1-2H3. The van der Waals surface area contributed by atoms with Crippen LogP contribution in [0.15, 0.2) is 27.7 Å². The van der Waals surface area contributed by atoms with E-state index in [0.717, 1.165) is 12.2 Å². The van der Waals surface area contributed by atoms with Crippen LogP contribution in [0.5, 0.6) is 0 Å². The van der Waals surface area contributed by atoms with Crippen molar-refractivity contribution in [2.24, 2.45) is 0 Å². The minimum atomic E-state index is -3.54. The zero-order valence-electron chi connectivity index (χ0n) is 11.4. The van der Waals surface area contributed by atoms with Gasteiger partial charge >= 0.3 is 0 Å². The Morgan fingerprint density at radius 1 is 1.35 bits per heavy atom. The van der Waals surface area contributed by atoms with Gasteiger partial charge in [-0.2, -0.15) is 0 Å². The van der Waals surface area contributed by atoms with Gasteiger partial charge in [-0.15, -0.1) is 0 Å². The van der Waals surface area contributed by atoms with Crippen molar-refractivity contribution in [3.63, 3.8) is 0 Å². The third kappa shape index (κ3) is 3.69. The molecule has 0 aliphatic heterocycles. The zero-order valence-corrected chi connectivity index (χ0v) is 12.3. The third-order valence-corrected chi connectivity index (χ3v) is 4.09. The minimum Gasteiger partial charge on any atom is -0.363 e. The lowest BCUT2D eigenvalue weighted by Gasteiger charge is -2.02. The Kier molecular flexibility index (Phi) is 4.58. The van der Waals surface area contributed by atoms with E-state index in [1.54, 1.807) is 19.1 Å². The lowest BCUT2D eigenvalue weighted by Crippen LogP contribution is -2.23. The van der Waals surface area contributed by atoms with Gasteiger partial charge in [0.1, 0.15) is 5.76 Å². The molecule has 0 aliphatic carbocycles. The highest BCUT2D eigenvalue weighted by Gasteiger charge is 2.16. The minimum absolute atomic E-state index is 0.105. The van der Waals surface area contributed by atoms with Crippen LogP contribution in [0.25, 0.3) is 0 Å². The van der Waals surface area contributed by atoms with E-state index >= 15 is 0 Å². The summed E-state index contributed by atoms with van der Waals surface area (Å²) in [5, 5.41) is 6.86. The highest BCUT2D eigenvalue weighted by molar-refractivity contribution is 7.89. The molecule has 0 saturated heterocycles. The van der Waals surface area contributed by atoms with E-state index in [9.17, 15) is 8.42 Å². The fraction of sp³-hybridized carbons (Fsp3) is 0.417. The largest absolute Gasteiger partial charge is 0.363 e. The molecule has 2 heterocycles. The van der Waals surface area contributed by atoms with E-state index < -0.39 is 10.0 Å². The van der Waals surface area contributed by atoms with Crippen molar-refractivity contribution in [3.8, 4) is 0 Å². The molecule has 0 unspecified atom stereocenters. The van der Waals surface area contributed by atoms with Crippen molar-refractivity contribution in [3.05, 3.63) is 35.5 Å². The molecule has 8 heteroatoms.